The van der Waals surface area contributed by atoms with Gasteiger partial charge in [-0.2, -0.15) is 0 Å². The minimum Gasteiger partial charge on any atom is -0.355 e. The highest BCUT2D eigenvalue weighted by atomic mass is 32.2. The number of primary sulfonamides is 1. The highest BCUT2D eigenvalue weighted by Gasteiger charge is 2.17. The van der Waals surface area contributed by atoms with Gasteiger partial charge >= 0.3 is 0 Å². The van der Waals surface area contributed by atoms with Gasteiger partial charge in [-0.25, -0.2) is 22.0 Å². The molecule has 128 valence electrons. The molecule has 0 spiro atoms. The number of carbonyl (C=O) groups excluding carboxylic acids is 1. The van der Waals surface area contributed by atoms with Crippen molar-refractivity contribution >= 4 is 31.6 Å². The van der Waals surface area contributed by atoms with Crippen LogP contribution in [0.4, 0.5) is 5.69 Å². The molecule has 10 heteroatoms. The number of rotatable bonds is 5. The first kappa shape index (κ1) is 17.9. The maximum Gasteiger partial charge on any atom is 0.261 e. The van der Waals surface area contributed by atoms with Crippen LogP contribution in [0.3, 0.4) is 0 Å². The number of carbonyl (C=O) groups is 1. The number of nitrogens with one attached hydrogen (secondary N) is 2. The zero-order valence-electron chi connectivity index (χ0n) is 12.6. The zero-order chi connectivity index (χ0) is 18.0. The number of sulfonamides is 2. The van der Waals surface area contributed by atoms with Crippen molar-refractivity contribution in [2.75, 3.05) is 11.8 Å². The van der Waals surface area contributed by atoms with Crippen LogP contribution in [0.5, 0.6) is 0 Å². The predicted octanol–water partition coefficient (Wildman–Crippen LogP) is 0.494. The van der Waals surface area contributed by atoms with Gasteiger partial charge in [0.05, 0.1) is 9.79 Å². The third-order valence-corrected chi connectivity index (χ3v) is 5.36. The van der Waals surface area contributed by atoms with Crippen molar-refractivity contribution in [3.05, 3.63) is 54.1 Å². The molecular weight excluding hydrogens is 354 g/mol. The van der Waals surface area contributed by atoms with Crippen molar-refractivity contribution in [3.8, 4) is 0 Å². The maximum atomic E-state index is 12.3. The van der Waals surface area contributed by atoms with E-state index in [1.807, 2.05) is 0 Å². The average molecular weight is 369 g/mol. The summed E-state index contributed by atoms with van der Waals surface area (Å²) >= 11 is 0. The minimum atomic E-state index is -4.01. The monoisotopic (exact) mass is 369 g/mol. The van der Waals surface area contributed by atoms with Crippen LogP contribution < -0.4 is 15.2 Å². The number of hydrogen-bond donors (Lipinski definition) is 3. The number of benzene rings is 2. The smallest absolute Gasteiger partial charge is 0.261 e. The summed E-state index contributed by atoms with van der Waals surface area (Å²) in [6.45, 7) is 0. The molecule has 0 aliphatic heterocycles. The van der Waals surface area contributed by atoms with E-state index in [-0.39, 0.29) is 21.4 Å². The summed E-state index contributed by atoms with van der Waals surface area (Å²) in [4.78, 5) is 10.9. The summed E-state index contributed by atoms with van der Waals surface area (Å²) in [6, 6.07) is 10.5. The van der Waals surface area contributed by atoms with E-state index in [2.05, 4.69) is 10.0 Å². The van der Waals surface area contributed by atoms with Crippen LogP contribution in [-0.2, 0) is 20.0 Å². The van der Waals surface area contributed by atoms with Crippen LogP contribution >= 0.6 is 0 Å². The van der Waals surface area contributed by atoms with E-state index in [9.17, 15) is 21.6 Å². The molecule has 4 N–H and O–H groups in total. The molecule has 0 radical (unpaired) electrons. The molecule has 24 heavy (non-hydrogen) atoms. The van der Waals surface area contributed by atoms with E-state index in [0.29, 0.717) is 5.56 Å². The van der Waals surface area contributed by atoms with Gasteiger partial charge in [-0.1, -0.05) is 6.07 Å². The molecule has 2 aromatic carbocycles. The standard InChI is InChI=1S/C14H15N3O5S2/c1-16-14(18)10-5-7-11(8-6-10)17-24(21,22)13-4-2-3-12(9-13)23(15,19)20/h2-9,17H,1H3,(H,16,18)(H2,15,19,20). The molecule has 1 amide bonds. The van der Waals surface area contributed by atoms with Gasteiger partial charge in [-0.3, -0.25) is 9.52 Å². The summed E-state index contributed by atoms with van der Waals surface area (Å²) < 4.78 is 49.6. The lowest BCUT2D eigenvalue weighted by Gasteiger charge is -2.09. The Kier molecular flexibility index (Phi) is 4.92. The average Bonchev–Trinajstić information content (AvgIpc) is 2.54. The van der Waals surface area contributed by atoms with E-state index in [0.717, 1.165) is 6.07 Å². The molecule has 0 saturated carbocycles. The molecule has 0 atom stereocenters. The van der Waals surface area contributed by atoms with Crippen LogP contribution in [0.1, 0.15) is 10.4 Å². The van der Waals surface area contributed by atoms with Crippen molar-refractivity contribution in [2.45, 2.75) is 9.79 Å². The molecule has 0 aromatic heterocycles. The van der Waals surface area contributed by atoms with Gasteiger partial charge in [0.1, 0.15) is 0 Å². The molecule has 0 aliphatic rings. The van der Waals surface area contributed by atoms with Gasteiger partial charge in [0.2, 0.25) is 10.0 Å². The van der Waals surface area contributed by atoms with Crippen molar-refractivity contribution in [1.29, 1.82) is 0 Å². The fraction of sp³-hybridized carbons (Fsp3) is 0.0714. The normalized spacial score (nSPS) is 11.8. The van der Waals surface area contributed by atoms with Crippen LogP contribution in [0.2, 0.25) is 0 Å². The molecule has 0 bridgehead atoms. The van der Waals surface area contributed by atoms with E-state index in [1.165, 1.54) is 49.5 Å². The van der Waals surface area contributed by atoms with Crippen molar-refractivity contribution in [3.63, 3.8) is 0 Å². The van der Waals surface area contributed by atoms with Crippen molar-refractivity contribution in [1.82, 2.24) is 5.32 Å². The topological polar surface area (TPSA) is 135 Å². The fourth-order valence-electron chi connectivity index (χ4n) is 1.87. The van der Waals surface area contributed by atoms with E-state index >= 15 is 0 Å². The number of nitrogens with two attached hydrogens (primary N) is 1. The molecule has 0 fully saturated rings. The number of hydrogen-bond acceptors (Lipinski definition) is 5. The predicted molar refractivity (Wildman–Crippen MR) is 88.5 cm³/mol. The highest BCUT2D eigenvalue weighted by molar-refractivity contribution is 7.93. The maximum absolute atomic E-state index is 12.3. The largest absolute Gasteiger partial charge is 0.355 e. The van der Waals surface area contributed by atoms with E-state index in [1.54, 1.807) is 0 Å². The second-order valence-corrected chi connectivity index (χ2v) is 8.03. The summed E-state index contributed by atoms with van der Waals surface area (Å²) in [5, 5.41) is 7.45. The third-order valence-electron chi connectivity index (χ3n) is 3.07. The second kappa shape index (κ2) is 6.59. The first-order valence-electron chi connectivity index (χ1n) is 6.61. The lowest BCUT2D eigenvalue weighted by atomic mass is 10.2. The fourth-order valence-corrected chi connectivity index (χ4v) is 3.60. The van der Waals surface area contributed by atoms with Gasteiger partial charge < -0.3 is 5.32 Å². The van der Waals surface area contributed by atoms with Gasteiger partial charge in [0, 0.05) is 18.3 Å². The number of amides is 1. The van der Waals surface area contributed by atoms with E-state index in [4.69, 9.17) is 5.14 Å². The quantitative estimate of drug-likeness (QED) is 0.705. The Hall–Kier alpha value is -2.43. The molecule has 8 nitrogen and oxygen atoms in total. The minimum absolute atomic E-state index is 0.226. The Morgan fingerprint density at radius 3 is 2.08 bits per heavy atom. The van der Waals surface area contributed by atoms with Gasteiger partial charge in [0.25, 0.3) is 15.9 Å². The summed E-state index contributed by atoms with van der Waals surface area (Å²) in [5.41, 5.74) is 0.598. The molecule has 2 rings (SSSR count). The van der Waals surface area contributed by atoms with Crippen LogP contribution in [0.15, 0.2) is 58.3 Å². The molecule has 0 unspecified atom stereocenters. The lowest BCUT2D eigenvalue weighted by Crippen LogP contribution is -2.18. The first-order valence-corrected chi connectivity index (χ1v) is 9.64. The van der Waals surface area contributed by atoms with Crippen LogP contribution in [0.25, 0.3) is 0 Å². The number of anilines is 1. The second-order valence-electron chi connectivity index (χ2n) is 4.78. The summed E-state index contributed by atoms with van der Waals surface area (Å²) in [6.07, 6.45) is 0. The van der Waals surface area contributed by atoms with Gasteiger partial charge in [-0.15, -0.1) is 0 Å². The summed E-state index contributed by atoms with van der Waals surface area (Å²) in [5.74, 6) is -0.301. The lowest BCUT2D eigenvalue weighted by molar-refractivity contribution is 0.0963. The Labute approximate surface area is 139 Å². The Morgan fingerprint density at radius 2 is 1.54 bits per heavy atom. The van der Waals surface area contributed by atoms with E-state index < -0.39 is 20.0 Å². The molecule has 0 heterocycles. The van der Waals surface area contributed by atoms with Crippen molar-refractivity contribution in [2.24, 2.45) is 5.14 Å². The Morgan fingerprint density at radius 1 is 0.958 bits per heavy atom. The highest BCUT2D eigenvalue weighted by Crippen LogP contribution is 2.19. The van der Waals surface area contributed by atoms with Crippen LogP contribution in [-0.4, -0.2) is 29.8 Å². The first-order chi connectivity index (χ1) is 11.1. The SMILES string of the molecule is CNC(=O)c1ccc(NS(=O)(=O)c2cccc(S(N)(=O)=O)c2)cc1. The third kappa shape index (κ3) is 4.10. The molecule has 2 aromatic rings. The van der Waals surface area contributed by atoms with Gasteiger partial charge in [-0.05, 0) is 42.5 Å². The molecule has 0 aliphatic carbocycles. The van der Waals surface area contributed by atoms with Crippen molar-refractivity contribution < 1.29 is 21.6 Å². The zero-order valence-corrected chi connectivity index (χ0v) is 14.2. The molecule has 0 saturated heterocycles. The summed E-state index contributed by atoms with van der Waals surface area (Å²) in [7, 11) is -6.53. The van der Waals surface area contributed by atoms with Crippen LogP contribution in [0, 0.1) is 0 Å². The van der Waals surface area contributed by atoms with Gasteiger partial charge in [0.15, 0.2) is 0 Å². The Bertz CT molecular complexity index is 968. The Balaban J connectivity index is 2.30. The molecular formula is C14H15N3O5S2.